The summed E-state index contributed by atoms with van der Waals surface area (Å²) < 4.78 is 6.47. The quantitative estimate of drug-likeness (QED) is 0.777. The van der Waals surface area contributed by atoms with E-state index < -0.39 is 0 Å². The van der Waals surface area contributed by atoms with Crippen LogP contribution in [0.3, 0.4) is 0 Å². The third-order valence-corrected chi connectivity index (χ3v) is 6.42. The van der Waals surface area contributed by atoms with Crippen molar-refractivity contribution in [3.05, 3.63) is 17.5 Å². The van der Waals surface area contributed by atoms with Gasteiger partial charge in [-0.3, -0.25) is 5.10 Å². The molecular weight excluding hydrogens is 322 g/mol. The molecule has 1 aliphatic carbocycles. The molecule has 148 valence electrons. The van der Waals surface area contributed by atoms with Crippen LogP contribution >= 0.6 is 0 Å². The van der Waals surface area contributed by atoms with Crippen molar-refractivity contribution >= 4 is 0 Å². The van der Waals surface area contributed by atoms with Gasteiger partial charge in [-0.15, -0.1) is 0 Å². The lowest BCUT2D eigenvalue weighted by molar-refractivity contribution is -0.105. The second kappa shape index (κ2) is 7.27. The van der Waals surface area contributed by atoms with Gasteiger partial charge in [-0.1, -0.05) is 20.8 Å². The van der Waals surface area contributed by atoms with Crippen molar-refractivity contribution in [1.82, 2.24) is 15.1 Å². The number of H-pyrrole nitrogens is 1. The Morgan fingerprint density at radius 3 is 2.46 bits per heavy atom. The number of nitrogens with zero attached hydrogens (tertiary/aromatic N) is 2. The summed E-state index contributed by atoms with van der Waals surface area (Å²) in [6, 6.07) is 0. The lowest BCUT2D eigenvalue weighted by Crippen LogP contribution is -2.36. The van der Waals surface area contributed by atoms with Crippen molar-refractivity contribution in [3.8, 4) is 0 Å². The van der Waals surface area contributed by atoms with Crippen LogP contribution < -0.4 is 0 Å². The minimum Gasteiger partial charge on any atom is -0.369 e. The Morgan fingerprint density at radius 2 is 1.88 bits per heavy atom. The molecule has 3 rings (SSSR count). The van der Waals surface area contributed by atoms with Gasteiger partial charge >= 0.3 is 0 Å². The first-order valence-electron chi connectivity index (χ1n) is 10.5. The summed E-state index contributed by atoms with van der Waals surface area (Å²) in [5.41, 5.74) is 3.38. The van der Waals surface area contributed by atoms with Gasteiger partial charge < -0.3 is 9.64 Å². The fourth-order valence-corrected chi connectivity index (χ4v) is 4.70. The maximum atomic E-state index is 6.47. The Balaban J connectivity index is 1.56. The molecule has 0 bridgehead atoms. The molecule has 2 heterocycles. The lowest BCUT2D eigenvalue weighted by atomic mass is 9.75. The minimum atomic E-state index is 0.0712. The lowest BCUT2D eigenvalue weighted by Gasteiger charge is -2.38. The Hall–Kier alpha value is -0.870. The van der Waals surface area contributed by atoms with Gasteiger partial charge in [0, 0.05) is 23.7 Å². The highest BCUT2D eigenvalue weighted by Crippen LogP contribution is 2.49. The fourth-order valence-electron chi connectivity index (χ4n) is 4.70. The summed E-state index contributed by atoms with van der Waals surface area (Å²) in [6.07, 6.45) is 10.5. The number of aromatic nitrogens is 2. The smallest absolute Gasteiger partial charge is 0.0691 e. The highest BCUT2D eigenvalue weighted by atomic mass is 16.5. The summed E-state index contributed by atoms with van der Waals surface area (Å²) >= 11 is 0. The monoisotopic (exact) mass is 361 g/mol. The van der Waals surface area contributed by atoms with E-state index in [0.29, 0.717) is 11.3 Å². The number of aromatic amines is 1. The molecule has 0 amide bonds. The third-order valence-electron chi connectivity index (χ3n) is 6.42. The first-order chi connectivity index (χ1) is 12.1. The number of nitrogens with one attached hydrogen (secondary N) is 1. The van der Waals surface area contributed by atoms with Gasteiger partial charge in [-0.25, -0.2) is 0 Å². The number of rotatable bonds is 5. The first-order valence-corrected chi connectivity index (χ1v) is 10.5. The third kappa shape index (κ3) is 4.89. The molecule has 0 atom stereocenters. The van der Waals surface area contributed by atoms with E-state index in [4.69, 9.17) is 4.74 Å². The second-order valence-electron chi connectivity index (χ2n) is 10.7. The van der Waals surface area contributed by atoms with Crippen molar-refractivity contribution in [3.63, 3.8) is 0 Å². The molecule has 0 radical (unpaired) electrons. The maximum absolute atomic E-state index is 6.47. The van der Waals surface area contributed by atoms with Crippen LogP contribution in [0.4, 0.5) is 0 Å². The summed E-state index contributed by atoms with van der Waals surface area (Å²) in [7, 11) is 2.23. The largest absolute Gasteiger partial charge is 0.369 e. The van der Waals surface area contributed by atoms with Crippen molar-refractivity contribution in [2.75, 3.05) is 13.6 Å². The molecule has 1 saturated carbocycles. The molecule has 1 aromatic rings. The summed E-state index contributed by atoms with van der Waals surface area (Å²) in [4.78, 5) is 2.44. The van der Waals surface area contributed by atoms with Crippen molar-refractivity contribution < 1.29 is 4.74 Å². The molecule has 2 fully saturated rings. The Labute approximate surface area is 160 Å². The van der Waals surface area contributed by atoms with E-state index >= 15 is 0 Å². The van der Waals surface area contributed by atoms with Crippen LogP contribution in [0, 0.1) is 5.41 Å². The number of hydrogen-bond acceptors (Lipinski definition) is 3. The highest BCUT2D eigenvalue weighted by Gasteiger charge is 2.46. The van der Waals surface area contributed by atoms with E-state index in [-0.39, 0.29) is 11.2 Å². The fraction of sp³-hybridized carbons (Fsp3) is 0.864. The zero-order chi connectivity index (χ0) is 19.0. The second-order valence-corrected chi connectivity index (χ2v) is 10.7. The molecule has 1 spiro atoms. The predicted octanol–water partition coefficient (Wildman–Crippen LogP) is 5.26. The van der Waals surface area contributed by atoms with Gasteiger partial charge in [-0.05, 0) is 77.8 Å². The van der Waals surface area contributed by atoms with Crippen LogP contribution in [0.25, 0.3) is 0 Å². The van der Waals surface area contributed by atoms with Gasteiger partial charge in [0.05, 0.1) is 17.4 Å². The Bertz CT molecular complexity index is 591. The highest BCUT2D eigenvalue weighted by molar-refractivity contribution is 5.22. The van der Waals surface area contributed by atoms with Gasteiger partial charge in [0.1, 0.15) is 0 Å². The van der Waals surface area contributed by atoms with Crippen molar-refractivity contribution in [1.29, 1.82) is 0 Å². The van der Waals surface area contributed by atoms with E-state index in [1.807, 2.05) is 6.20 Å². The van der Waals surface area contributed by atoms with E-state index in [1.54, 1.807) is 0 Å². The normalized spacial score (nSPS) is 29.0. The zero-order valence-electron chi connectivity index (χ0n) is 17.8. The molecule has 26 heavy (non-hydrogen) atoms. The minimum absolute atomic E-state index is 0.0712. The van der Waals surface area contributed by atoms with Crippen LogP contribution in [0.2, 0.25) is 0 Å². The molecule has 1 aliphatic heterocycles. The standard InChI is InChI=1S/C22H39N3O/c1-20(2,3)13-14-25(6)16-18-15-23-24-19(18)17-7-9-22(10-8-17)12-11-21(4,5)26-22/h15,17H,7-14,16H2,1-6H3,(H,23,24). The molecule has 2 aliphatic rings. The van der Waals surface area contributed by atoms with Gasteiger partial charge in [-0.2, -0.15) is 5.10 Å². The number of ether oxygens (including phenoxy) is 1. The maximum Gasteiger partial charge on any atom is 0.0691 e. The molecule has 4 heteroatoms. The molecule has 1 saturated heterocycles. The summed E-state index contributed by atoms with van der Waals surface area (Å²) in [5.74, 6) is 0.612. The Morgan fingerprint density at radius 1 is 1.19 bits per heavy atom. The SMILES string of the molecule is CN(CCC(C)(C)C)Cc1cn[nH]c1C1CCC2(CC1)CCC(C)(C)O2. The van der Waals surface area contributed by atoms with Crippen LogP contribution in [0.15, 0.2) is 6.20 Å². The summed E-state index contributed by atoms with van der Waals surface area (Å²) in [5, 5.41) is 7.72. The van der Waals surface area contributed by atoms with E-state index in [2.05, 4.69) is 56.8 Å². The van der Waals surface area contributed by atoms with Gasteiger partial charge in [0.15, 0.2) is 0 Å². The molecule has 1 N–H and O–H groups in total. The summed E-state index contributed by atoms with van der Waals surface area (Å²) in [6.45, 7) is 13.6. The average molecular weight is 362 g/mol. The van der Waals surface area contributed by atoms with E-state index in [1.165, 1.54) is 56.2 Å². The van der Waals surface area contributed by atoms with Crippen LogP contribution in [0.1, 0.15) is 96.7 Å². The molecule has 0 unspecified atom stereocenters. The van der Waals surface area contributed by atoms with E-state index in [9.17, 15) is 0 Å². The van der Waals surface area contributed by atoms with E-state index in [0.717, 1.165) is 13.1 Å². The zero-order valence-corrected chi connectivity index (χ0v) is 17.8. The number of hydrogen-bond donors (Lipinski definition) is 1. The molecule has 0 aromatic carbocycles. The average Bonchev–Trinajstić information content (AvgIpc) is 3.10. The Kier molecular flexibility index (Phi) is 5.56. The predicted molar refractivity (Wildman–Crippen MR) is 107 cm³/mol. The molecule has 4 nitrogen and oxygen atoms in total. The molecule has 1 aromatic heterocycles. The van der Waals surface area contributed by atoms with Crippen molar-refractivity contribution in [2.24, 2.45) is 5.41 Å². The van der Waals surface area contributed by atoms with Gasteiger partial charge in [0.2, 0.25) is 0 Å². The molecular formula is C22H39N3O. The van der Waals surface area contributed by atoms with Gasteiger partial charge in [0.25, 0.3) is 0 Å². The van der Waals surface area contributed by atoms with Crippen LogP contribution in [-0.2, 0) is 11.3 Å². The topological polar surface area (TPSA) is 41.2 Å². The van der Waals surface area contributed by atoms with Crippen LogP contribution in [0.5, 0.6) is 0 Å². The van der Waals surface area contributed by atoms with Crippen LogP contribution in [-0.4, -0.2) is 39.9 Å². The van der Waals surface area contributed by atoms with Crippen molar-refractivity contribution in [2.45, 2.75) is 103 Å². The first kappa shape index (κ1) is 19.9.